The van der Waals surface area contributed by atoms with Crippen molar-refractivity contribution in [1.29, 1.82) is 0 Å². The van der Waals surface area contributed by atoms with Crippen LogP contribution in [-0.4, -0.2) is 42.7 Å². The van der Waals surface area contributed by atoms with Crippen molar-refractivity contribution in [2.24, 2.45) is 10.9 Å². The van der Waals surface area contributed by atoms with Gasteiger partial charge in [-0.2, -0.15) is 0 Å². The Morgan fingerprint density at radius 1 is 1.45 bits per heavy atom. The van der Waals surface area contributed by atoms with Crippen LogP contribution in [0.15, 0.2) is 28.9 Å². The number of amides is 1. The Morgan fingerprint density at radius 2 is 2.15 bits per heavy atom. The fourth-order valence-electron chi connectivity index (χ4n) is 2.91. The third-order valence-electron chi connectivity index (χ3n) is 4.02. The van der Waals surface area contributed by atoms with Crippen molar-refractivity contribution in [2.75, 3.05) is 26.2 Å². The van der Waals surface area contributed by atoms with Crippen LogP contribution < -0.4 is 5.32 Å². The second kappa shape index (κ2) is 6.84. The first-order chi connectivity index (χ1) is 9.61. The van der Waals surface area contributed by atoms with Gasteiger partial charge in [-0.05, 0) is 45.4 Å². The van der Waals surface area contributed by atoms with Gasteiger partial charge in [-0.3, -0.25) is 9.79 Å². The highest BCUT2D eigenvalue weighted by molar-refractivity contribution is 6.02. The van der Waals surface area contributed by atoms with Crippen molar-refractivity contribution in [3.05, 3.63) is 23.9 Å². The van der Waals surface area contributed by atoms with E-state index < -0.39 is 0 Å². The zero-order valence-corrected chi connectivity index (χ0v) is 12.6. The highest BCUT2D eigenvalue weighted by Crippen LogP contribution is 2.21. The van der Waals surface area contributed by atoms with Crippen LogP contribution >= 0.6 is 0 Å². The summed E-state index contributed by atoms with van der Waals surface area (Å²) in [6, 6.07) is 0. The standard InChI is InChI=1S/C16H25N3O/c1-4-13-11-19(10-7-15(13)18-12(2)3)16(20)14-5-8-17-9-6-14/h4,14,17H,2,5-11H2,1,3H3/b13-4-,18-15-. The van der Waals surface area contributed by atoms with Gasteiger partial charge in [0.2, 0.25) is 5.91 Å². The van der Waals surface area contributed by atoms with E-state index in [0.29, 0.717) is 12.5 Å². The van der Waals surface area contributed by atoms with Gasteiger partial charge in [-0.15, -0.1) is 0 Å². The summed E-state index contributed by atoms with van der Waals surface area (Å²) < 4.78 is 0. The molecule has 2 heterocycles. The molecule has 0 unspecified atom stereocenters. The lowest BCUT2D eigenvalue weighted by molar-refractivity contribution is -0.136. The molecule has 2 fully saturated rings. The minimum Gasteiger partial charge on any atom is -0.338 e. The maximum Gasteiger partial charge on any atom is 0.226 e. The quantitative estimate of drug-likeness (QED) is 0.839. The average molecular weight is 275 g/mol. The van der Waals surface area contributed by atoms with Gasteiger partial charge in [0, 0.05) is 36.8 Å². The van der Waals surface area contributed by atoms with E-state index in [1.54, 1.807) is 0 Å². The average Bonchev–Trinajstić information content (AvgIpc) is 2.47. The number of carbonyl (C=O) groups is 1. The van der Waals surface area contributed by atoms with E-state index in [2.05, 4.69) is 23.0 Å². The molecule has 2 aliphatic heterocycles. The lowest BCUT2D eigenvalue weighted by atomic mass is 9.94. The molecule has 0 aromatic heterocycles. The minimum atomic E-state index is 0.203. The zero-order chi connectivity index (χ0) is 14.5. The van der Waals surface area contributed by atoms with Crippen molar-refractivity contribution < 1.29 is 4.79 Å². The molecule has 1 amide bonds. The molecular formula is C16H25N3O. The normalized spacial score (nSPS) is 25.2. The van der Waals surface area contributed by atoms with Crippen LogP contribution in [0.25, 0.3) is 0 Å². The van der Waals surface area contributed by atoms with Crippen molar-refractivity contribution in [3.63, 3.8) is 0 Å². The Bertz CT molecular complexity index is 445. The fraction of sp³-hybridized carbons (Fsp3) is 0.625. The Labute approximate surface area is 121 Å². The molecule has 1 N–H and O–H groups in total. The second-order valence-corrected chi connectivity index (χ2v) is 5.64. The third kappa shape index (κ3) is 3.57. The number of carbonyl (C=O) groups excluding carboxylic acids is 1. The first kappa shape index (κ1) is 15.0. The van der Waals surface area contributed by atoms with E-state index >= 15 is 0 Å². The molecule has 0 radical (unpaired) electrons. The molecule has 4 nitrogen and oxygen atoms in total. The zero-order valence-electron chi connectivity index (χ0n) is 12.6. The van der Waals surface area contributed by atoms with Gasteiger partial charge < -0.3 is 10.2 Å². The number of rotatable bonds is 2. The summed E-state index contributed by atoms with van der Waals surface area (Å²) in [5.41, 5.74) is 3.09. The van der Waals surface area contributed by atoms with Crippen LogP contribution in [0.3, 0.4) is 0 Å². The van der Waals surface area contributed by atoms with Gasteiger partial charge in [0.1, 0.15) is 0 Å². The molecule has 2 rings (SSSR count). The van der Waals surface area contributed by atoms with Crippen LogP contribution in [0.5, 0.6) is 0 Å². The van der Waals surface area contributed by atoms with Gasteiger partial charge in [0.25, 0.3) is 0 Å². The number of aliphatic imine (C=N–C) groups is 1. The summed E-state index contributed by atoms with van der Waals surface area (Å²) in [6.07, 6.45) is 4.84. The highest BCUT2D eigenvalue weighted by atomic mass is 16.2. The van der Waals surface area contributed by atoms with E-state index in [1.165, 1.54) is 5.57 Å². The van der Waals surface area contributed by atoms with Crippen LogP contribution in [-0.2, 0) is 4.79 Å². The van der Waals surface area contributed by atoms with Crippen LogP contribution in [0, 0.1) is 5.92 Å². The number of hydrogen-bond donors (Lipinski definition) is 1. The Balaban J connectivity index is 2.02. The number of allylic oxidation sites excluding steroid dienone is 2. The van der Waals surface area contributed by atoms with Gasteiger partial charge in [0.05, 0.1) is 0 Å². The van der Waals surface area contributed by atoms with E-state index in [0.717, 1.165) is 50.3 Å². The van der Waals surface area contributed by atoms with Gasteiger partial charge >= 0.3 is 0 Å². The number of nitrogens with one attached hydrogen (secondary N) is 1. The maximum absolute atomic E-state index is 12.6. The molecule has 0 aromatic carbocycles. The summed E-state index contributed by atoms with van der Waals surface area (Å²) in [6.45, 7) is 11.2. The molecule has 0 bridgehead atoms. The maximum atomic E-state index is 12.6. The first-order valence-corrected chi connectivity index (χ1v) is 7.50. The third-order valence-corrected chi connectivity index (χ3v) is 4.02. The monoisotopic (exact) mass is 275 g/mol. The first-order valence-electron chi connectivity index (χ1n) is 7.50. The smallest absolute Gasteiger partial charge is 0.226 e. The molecule has 110 valence electrons. The molecule has 0 spiro atoms. The summed E-state index contributed by atoms with van der Waals surface area (Å²) in [5.74, 6) is 0.522. The summed E-state index contributed by atoms with van der Waals surface area (Å²) in [5, 5.41) is 3.31. The molecule has 0 saturated carbocycles. The van der Waals surface area contributed by atoms with E-state index in [4.69, 9.17) is 0 Å². The van der Waals surface area contributed by atoms with Crippen LogP contribution in [0.1, 0.15) is 33.1 Å². The molecule has 2 saturated heterocycles. The van der Waals surface area contributed by atoms with Crippen LogP contribution in [0.2, 0.25) is 0 Å². The SMILES string of the molecule is C=C(C)/N=C1/CCN(C(=O)C2CCNCC2)C/C1=C/C. The molecule has 0 atom stereocenters. The van der Waals surface area contributed by atoms with E-state index in [-0.39, 0.29) is 5.92 Å². The lowest BCUT2D eigenvalue weighted by Crippen LogP contribution is -2.45. The Kier molecular flexibility index (Phi) is 5.12. The molecule has 2 aliphatic rings. The molecule has 4 heteroatoms. The number of hydrogen-bond acceptors (Lipinski definition) is 3. The molecule has 20 heavy (non-hydrogen) atoms. The van der Waals surface area contributed by atoms with Gasteiger partial charge in [-0.1, -0.05) is 12.7 Å². The Hall–Kier alpha value is -1.42. The van der Waals surface area contributed by atoms with Crippen molar-refractivity contribution in [1.82, 2.24) is 10.2 Å². The van der Waals surface area contributed by atoms with E-state index in [1.807, 2.05) is 18.7 Å². The fourth-order valence-corrected chi connectivity index (χ4v) is 2.91. The predicted octanol–water partition coefficient (Wildman–Crippen LogP) is 2.14. The number of piperidine rings is 2. The van der Waals surface area contributed by atoms with Crippen molar-refractivity contribution >= 4 is 11.6 Å². The summed E-state index contributed by atoms with van der Waals surface area (Å²) in [4.78, 5) is 19.1. The molecule has 0 aromatic rings. The number of likely N-dealkylation sites (tertiary alicyclic amines) is 1. The highest BCUT2D eigenvalue weighted by Gasteiger charge is 2.29. The predicted molar refractivity (Wildman–Crippen MR) is 82.8 cm³/mol. The largest absolute Gasteiger partial charge is 0.338 e. The Morgan fingerprint density at radius 3 is 2.75 bits per heavy atom. The van der Waals surface area contributed by atoms with Crippen LogP contribution in [0.4, 0.5) is 0 Å². The summed E-state index contributed by atoms with van der Waals surface area (Å²) >= 11 is 0. The second-order valence-electron chi connectivity index (χ2n) is 5.64. The molecular weight excluding hydrogens is 250 g/mol. The summed E-state index contributed by atoms with van der Waals surface area (Å²) in [7, 11) is 0. The molecule has 0 aliphatic carbocycles. The van der Waals surface area contributed by atoms with E-state index in [9.17, 15) is 4.79 Å². The van der Waals surface area contributed by atoms with Gasteiger partial charge in [-0.25, -0.2) is 0 Å². The minimum absolute atomic E-state index is 0.203. The lowest BCUT2D eigenvalue weighted by Gasteiger charge is -2.34. The van der Waals surface area contributed by atoms with Crippen molar-refractivity contribution in [2.45, 2.75) is 33.1 Å². The van der Waals surface area contributed by atoms with Gasteiger partial charge in [0.15, 0.2) is 0 Å². The topological polar surface area (TPSA) is 44.7 Å². The van der Waals surface area contributed by atoms with Crippen molar-refractivity contribution in [3.8, 4) is 0 Å². The number of nitrogens with zero attached hydrogens (tertiary/aromatic N) is 2.